The van der Waals surface area contributed by atoms with Crippen molar-refractivity contribution in [1.29, 1.82) is 0 Å². The molecule has 2 heteroatoms. The van der Waals surface area contributed by atoms with Crippen molar-refractivity contribution < 1.29 is 0 Å². The van der Waals surface area contributed by atoms with Gasteiger partial charge in [0.05, 0.1) is 0 Å². The quantitative estimate of drug-likeness (QED) is 0.553. The molecule has 1 aliphatic rings. The first-order chi connectivity index (χ1) is 4.70. The molecule has 0 nitrogen and oxygen atoms in total. The Hall–Kier alpha value is 0.549. The minimum atomic E-state index is -0.230. The zero-order chi connectivity index (χ0) is 7.56. The Kier molecular flexibility index (Phi) is 3.29. The molecule has 0 radical (unpaired) electrons. The summed E-state index contributed by atoms with van der Waals surface area (Å²) in [6, 6.07) is 0. The van der Waals surface area contributed by atoms with Gasteiger partial charge < -0.3 is 0 Å². The number of halogens is 1. The second-order valence-electron chi connectivity index (χ2n) is 2.87. The normalized spacial score (nSPS) is 32.1. The molecule has 0 aromatic carbocycles. The molecule has 0 aliphatic carbocycles. The molecule has 0 aromatic heterocycles. The monoisotopic (exact) mass is 225 g/mol. The average molecular weight is 225 g/mol. The third-order valence-electron chi connectivity index (χ3n) is 1.88. The Balaban J connectivity index is 2.55. The van der Waals surface area contributed by atoms with E-state index in [0.717, 1.165) is 5.03 Å². The number of hydrogen-bond acceptors (Lipinski definition) is 0. The first-order valence-electron chi connectivity index (χ1n) is 3.63. The fraction of sp³-hybridized carbons (Fsp3) is 0.750. The van der Waals surface area contributed by atoms with Crippen molar-refractivity contribution in [3.8, 4) is 0 Å². The Bertz CT molecular complexity index is 147. The van der Waals surface area contributed by atoms with E-state index in [9.17, 15) is 0 Å². The van der Waals surface area contributed by atoms with Crippen LogP contribution < -0.4 is 0 Å². The standard InChI is InChI=1S/C8H14ClSe/c1-7(9)8-4-3-5-10(2)6-8/h3-6H2,1-2H3/q+1/b8-7-. The third kappa shape index (κ3) is 2.30. The summed E-state index contributed by atoms with van der Waals surface area (Å²) >= 11 is 5.69. The van der Waals surface area contributed by atoms with Crippen LogP contribution in [0.2, 0.25) is 16.5 Å². The Morgan fingerprint density at radius 2 is 2.30 bits per heavy atom. The van der Waals surface area contributed by atoms with Gasteiger partial charge in [0.15, 0.2) is 0 Å². The van der Waals surface area contributed by atoms with Crippen LogP contribution in [-0.4, -0.2) is 13.9 Å². The van der Waals surface area contributed by atoms with Crippen LogP contribution in [0, 0.1) is 0 Å². The molecule has 0 bridgehead atoms. The van der Waals surface area contributed by atoms with Crippen molar-refractivity contribution >= 4 is 25.5 Å². The zero-order valence-electron chi connectivity index (χ0n) is 6.61. The first-order valence-corrected chi connectivity index (χ1v) is 8.15. The summed E-state index contributed by atoms with van der Waals surface area (Å²) in [5.41, 5.74) is 1.54. The van der Waals surface area contributed by atoms with Crippen LogP contribution >= 0.6 is 11.6 Å². The van der Waals surface area contributed by atoms with Crippen molar-refractivity contribution in [2.24, 2.45) is 0 Å². The summed E-state index contributed by atoms with van der Waals surface area (Å²) in [6.45, 7) is 2.03. The molecule has 1 saturated heterocycles. The minimum absolute atomic E-state index is 0.230. The molecule has 58 valence electrons. The maximum atomic E-state index is 5.92. The summed E-state index contributed by atoms with van der Waals surface area (Å²) < 4.78 is 0. The summed E-state index contributed by atoms with van der Waals surface area (Å²) in [5, 5.41) is 3.93. The van der Waals surface area contributed by atoms with Gasteiger partial charge in [0.2, 0.25) is 0 Å². The predicted molar refractivity (Wildman–Crippen MR) is 49.0 cm³/mol. The fourth-order valence-corrected chi connectivity index (χ4v) is 5.23. The molecule has 1 heterocycles. The number of hydrogen-bond donors (Lipinski definition) is 0. The van der Waals surface area contributed by atoms with Crippen LogP contribution in [-0.2, 0) is 0 Å². The Morgan fingerprint density at radius 1 is 1.60 bits per heavy atom. The van der Waals surface area contributed by atoms with Crippen molar-refractivity contribution in [3.05, 3.63) is 10.6 Å². The summed E-state index contributed by atoms with van der Waals surface area (Å²) in [6.07, 6.45) is 2.66. The molecule has 0 saturated carbocycles. The predicted octanol–water partition coefficient (Wildman–Crippen LogP) is 3.42. The van der Waals surface area contributed by atoms with Crippen molar-refractivity contribution in [2.45, 2.75) is 36.2 Å². The SMILES string of the molecule is C/C(Cl)=C1\CCC[Se+](C)C1. The van der Waals surface area contributed by atoms with E-state index >= 15 is 0 Å². The Labute approximate surface area is 72.5 Å². The first kappa shape index (κ1) is 8.64. The van der Waals surface area contributed by atoms with Crippen LogP contribution in [0.4, 0.5) is 0 Å². The van der Waals surface area contributed by atoms with E-state index in [0.29, 0.717) is 0 Å². The topological polar surface area (TPSA) is 0 Å². The van der Waals surface area contributed by atoms with E-state index in [-0.39, 0.29) is 13.9 Å². The van der Waals surface area contributed by atoms with Gasteiger partial charge in [-0.3, -0.25) is 0 Å². The zero-order valence-corrected chi connectivity index (χ0v) is 9.08. The van der Waals surface area contributed by atoms with Gasteiger partial charge in [-0.05, 0) is 0 Å². The van der Waals surface area contributed by atoms with Gasteiger partial charge in [0.1, 0.15) is 0 Å². The number of allylic oxidation sites excluding steroid dienone is 2. The molecule has 1 aliphatic heterocycles. The Morgan fingerprint density at radius 3 is 2.70 bits per heavy atom. The van der Waals surface area contributed by atoms with E-state index in [1.165, 1.54) is 23.5 Å². The molecular weight excluding hydrogens is 211 g/mol. The summed E-state index contributed by atoms with van der Waals surface area (Å²) in [4.78, 5) is 0. The van der Waals surface area contributed by atoms with Crippen LogP contribution in [0.25, 0.3) is 0 Å². The van der Waals surface area contributed by atoms with E-state index in [1.54, 1.807) is 5.57 Å². The third-order valence-corrected chi connectivity index (χ3v) is 5.98. The molecule has 0 amide bonds. The second-order valence-corrected chi connectivity index (χ2v) is 8.18. The van der Waals surface area contributed by atoms with Crippen LogP contribution in [0.5, 0.6) is 0 Å². The fourth-order valence-electron chi connectivity index (χ4n) is 1.25. The maximum absolute atomic E-state index is 5.92. The van der Waals surface area contributed by atoms with Gasteiger partial charge in [-0.25, -0.2) is 0 Å². The van der Waals surface area contributed by atoms with Crippen molar-refractivity contribution in [1.82, 2.24) is 0 Å². The van der Waals surface area contributed by atoms with E-state index in [1.807, 2.05) is 6.92 Å². The van der Waals surface area contributed by atoms with Gasteiger partial charge >= 0.3 is 72.3 Å². The molecule has 1 atom stereocenters. The summed E-state index contributed by atoms with van der Waals surface area (Å²) in [5.74, 6) is 2.43. The molecule has 1 fully saturated rings. The van der Waals surface area contributed by atoms with Gasteiger partial charge in [0, 0.05) is 0 Å². The molecule has 0 N–H and O–H groups in total. The van der Waals surface area contributed by atoms with Crippen LogP contribution in [0.3, 0.4) is 0 Å². The molecular formula is C8H14ClSe+. The van der Waals surface area contributed by atoms with Crippen molar-refractivity contribution in [2.75, 3.05) is 0 Å². The van der Waals surface area contributed by atoms with Gasteiger partial charge in [-0.1, -0.05) is 0 Å². The van der Waals surface area contributed by atoms with Crippen molar-refractivity contribution in [3.63, 3.8) is 0 Å². The van der Waals surface area contributed by atoms with E-state index in [2.05, 4.69) is 5.82 Å². The van der Waals surface area contributed by atoms with E-state index in [4.69, 9.17) is 11.6 Å². The molecule has 0 spiro atoms. The molecule has 1 unspecified atom stereocenters. The number of rotatable bonds is 0. The molecule has 0 aromatic rings. The van der Waals surface area contributed by atoms with Gasteiger partial charge in [-0.15, -0.1) is 0 Å². The molecule has 10 heavy (non-hydrogen) atoms. The van der Waals surface area contributed by atoms with Gasteiger partial charge in [0.25, 0.3) is 0 Å². The second kappa shape index (κ2) is 3.80. The van der Waals surface area contributed by atoms with E-state index < -0.39 is 0 Å². The van der Waals surface area contributed by atoms with Crippen LogP contribution in [0.15, 0.2) is 10.6 Å². The van der Waals surface area contributed by atoms with Gasteiger partial charge in [-0.2, -0.15) is 0 Å². The summed E-state index contributed by atoms with van der Waals surface area (Å²) in [7, 11) is 0. The average Bonchev–Trinajstić information content (AvgIpc) is 1.88. The molecule has 1 rings (SSSR count). The van der Waals surface area contributed by atoms with Crippen LogP contribution in [0.1, 0.15) is 19.8 Å².